The number of hydrogen-bond donors (Lipinski definition) is 1. The summed E-state index contributed by atoms with van der Waals surface area (Å²) in [6.45, 7) is 6.43. The van der Waals surface area contributed by atoms with E-state index in [2.05, 4.69) is 24.1 Å². The maximum absolute atomic E-state index is 12.4. The molecule has 2 rings (SSSR count). The summed E-state index contributed by atoms with van der Waals surface area (Å²) >= 11 is 6.12. The predicted molar refractivity (Wildman–Crippen MR) is 100 cm³/mol. The van der Waals surface area contributed by atoms with Gasteiger partial charge in [-0.3, -0.25) is 9.69 Å². The second kappa shape index (κ2) is 8.03. The molecule has 0 aliphatic carbocycles. The number of halogens is 1. The van der Waals surface area contributed by atoms with E-state index in [-0.39, 0.29) is 17.3 Å². The minimum Gasteiger partial charge on any atom is -0.324 e. The van der Waals surface area contributed by atoms with Crippen molar-refractivity contribution in [2.45, 2.75) is 25.2 Å². The predicted octanol–water partition coefficient (Wildman–Crippen LogP) is 2.51. The molecule has 1 aliphatic heterocycles. The van der Waals surface area contributed by atoms with E-state index in [0.717, 1.165) is 17.4 Å². The Labute approximate surface area is 155 Å². The molecule has 0 aromatic heterocycles. The van der Waals surface area contributed by atoms with Crippen molar-refractivity contribution in [2.75, 3.05) is 39.0 Å². The second-order valence-corrected chi connectivity index (χ2v) is 9.68. The van der Waals surface area contributed by atoms with Crippen molar-refractivity contribution in [2.24, 2.45) is 11.8 Å². The zero-order valence-corrected chi connectivity index (χ0v) is 16.7. The van der Waals surface area contributed by atoms with Gasteiger partial charge in [-0.2, -0.15) is 0 Å². The highest BCUT2D eigenvalue weighted by molar-refractivity contribution is 7.89. The summed E-state index contributed by atoms with van der Waals surface area (Å²) in [6, 6.07) is 4.32. The van der Waals surface area contributed by atoms with Crippen LogP contribution >= 0.6 is 11.6 Å². The van der Waals surface area contributed by atoms with Gasteiger partial charge in [0.1, 0.15) is 0 Å². The van der Waals surface area contributed by atoms with Crippen LogP contribution in [0, 0.1) is 11.8 Å². The van der Waals surface area contributed by atoms with Crippen LogP contribution in [0.3, 0.4) is 0 Å². The van der Waals surface area contributed by atoms with E-state index in [1.807, 2.05) is 0 Å². The van der Waals surface area contributed by atoms with Crippen LogP contribution in [0.5, 0.6) is 0 Å². The van der Waals surface area contributed by atoms with E-state index in [1.165, 1.54) is 38.7 Å². The lowest BCUT2D eigenvalue weighted by molar-refractivity contribution is -0.117. The van der Waals surface area contributed by atoms with Crippen LogP contribution in [-0.4, -0.2) is 57.3 Å². The number of sulfonamides is 1. The zero-order valence-electron chi connectivity index (χ0n) is 15.1. The third kappa shape index (κ3) is 5.17. The number of nitrogens with one attached hydrogen (secondary N) is 1. The van der Waals surface area contributed by atoms with Gasteiger partial charge in [0.05, 0.1) is 22.2 Å². The molecular formula is C17H26ClN3O3S. The second-order valence-electron chi connectivity index (χ2n) is 7.12. The van der Waals surface area contributed by atoms with Gasteiger partial charge in [-0.05, 0) is 36.5 Å². The van der Waals surface area contributed by atoms with E-state index in [9.17, 15) is 13.2 Å². The molecule has 0 unspecified atom stereocenters. The van der Waals surface area contributed by atoms with Gasteiger partial charge >= 0.3 is 0 Å². The first-order valence-corrected chi connectivity index (χ1v) is 10.2. The van der Waals surface area contributed by atoms with Gasteiger partial charge in [-0.15, -0.1) is 0 Å². The van der Waals surface area contributed by atoms with Gasteiger partial charge in [0, 0.05) is 27.2 Å². The molecule has 1 fully saturated rings. The molecule has 2 atom stereocenters. The fraction of sp³-hybridized carbons (Fsp3) is 0.588. The molecule has 1 amide bonds. The van der Waals surface area contributed by atoms with E-state index >= 15 is 0 Å². The first-order valence-electron chi connectivity index (χ1n) is 8.34. The van der Waals surface area contributed by atoms with Crippen LogP contribution in [0.4, 0.5) is 5.69 Å². The quantitative estimate of drug-likeness (QED) is 0.842. The molecule has 1 aromatic carbocycles. The number of nitrogens with zero attached hydrogens (tertiary/aromatic N) is 2. The van der Waals surface area contributed by atoms with Gasteiger partial charge in [0.15, 0.2) is 0 Å². The number of likely N-dealkylation sites (tertiary alicyclic amines) is 1. The number of carbonyl (C=O) groups excluding carboxylic acids is 1. The monoisotopic (exact) mass is 387 g/mol. The Balaban J connectivity index is 2.10. The molecule has 1 N–H and O–H groups in total. The van der Waals surface area contributed by atoms with Gasteiger partial charge < -0.3 is 5.32 Å². The maximum Gasteiger partial charge on any atom is 0.242 e. The summed E-state index contributed by atoms with van der Waals surface area (Å²) in [5, 5.41) is 3.05. The minimum absolute atomic E-state index is 0.0948. The molecule has 1 saturated heterocycles. The van der Waals surface area contributed by atoms with Gasteiger partial charge in [-0.25, -0.2) is 12.7 Å². The normalized spacial score (nSPS) is 22.2. The fourth-order valence-electron chi connectivity index (χ4n) is 3.29. The van der Waals surface area contributed by atoms with Crippen LogP contribution < -0.4 is 5.32 Å². The number of carbonyl (C=O) groups is 1. The molecule has 0 saturated carbocycles. The van der Waals surface area contributed by atoms with E-state index in [1.54, 1.807) is 0 Å². The number of piperidine rings is 1. The lowest BCUT2D eigenvalue weighted by Crippen LogP contribution is -2.42. The number of anilines is 1. The molecule has 0 spiro atoms. The summed E-state index contributed by atoms with van der Waals surface area (Å²) in [5.74, 6) is 0.935. The summed E-state index contributed by atoms with van der Waals surface area (Å²) in [7, 11) is -0.662. The van der Waals surface area contributed by atoms with E-state index < -0.39 is 10.0 Å². The fourth-order valence-corrected chi connectivity index (χ4v) is 4.38. The SMILES string of the molecule is C[C@H]1C[C@H](C)CN(CC(=O)Nc2cc(S(=O)(=O)N(C)C)ccc2Cl)C1. The highest BCUT2D eigenvalue weighted by Gasteiger charge is 2.24. The number of hydrogen-bond acceptors (Lipinski definition) is 4. The summed E-state index contributed by atoms with van der Waals surface area (Å²) in [5.41, 5.74) is 0.313. The zero-order chi connectivity index (χ0) is 18.8. The number of benzene rings is 1. The molecule has 8 heteroatoms. The first kappa shape index (κ1) is 20.2. The third-order valence-electron chi connectivity index (χ3n) is 4.30. The lowest BCUT2D eigenvalue weighted by atomic mass is 9.92. The van der Waals surface area contributed by atoms with Crippen molar-refractivity contribution >= 4 is 33.2 Å². The Morgan fingerprint density at radius 1 is 1.28 bits per heavy atom. The van der Waals surface area contributed by atoms with Crippen molar-refractivity contribution in [3.63, 3.8) is 0 Å². The Kier molecular flexibility index (Phi) is 6.48. The molecule has 1 aliphatic rings. The van der Waals surface area contributed by atoms with Gasteiger partial charge in [0.2, 0.25) is 15.9 Å². The third-order valence-corrected chi connectivity index (χ3v) is 6.44. The van der Waals surface area contributed by atoms with Crippen LogP contribution in [-0.2, 0) is 14.8 Å². The largest absolute Gasteiger partial charge is 0.324 e. The molecule has 25 heavy (non-hydrogen) atoms. The lowest BCUT2D eigenvalue weighted by Gasteiger charge is -2.34. The van der Waals surface area contributed by atoms with Gasteiger partial charge in [0.25, 0.3) is 0 Å². The van der Waals surface area contributed by atoms with Crippen LogP contribution in [0.1, 0.15) is 20.3 Å². The Morgan fingerprint density at radius 3 is 2.44 bits per heavy atom. The molecule has 1 aromatic rings. The standard InChI is InChI=1S/C17H26ClN3O3S/c1-12-7-13(2)10-21(9-12)11-17(22)19-16-8-14(5-6-15(16)18)25(23,24)20(3)4/h5-6,8,12-13H,7,9-11H2,1-4H3,(H,19,22)/t12-,13-/m0/s1. The first-order chi connectivity index (χ1) is 11.6. The van der Waals surface area contributed by atoms with Crippen LogP contribution in [0.2, 0.25) is 5.02 Å². The number of rotatable bonds is 5. The number of amides is 1. The maximum atomic E-state index is 12.4. The molecule has 1 heterocycles. The molecule has 0 radical (unpaired) electrons. The molecule has 140 valence electrons. The topological polar surface area (TPSA) is 69.7 Å². The molecule has 6 nitrogen and oxygen atoms in total. The van der Waals surface area contributed by atoms with Crippen molar-refractivity contribution in [1.29, 1.82) is 0 Å². The van der Waals surface area contributed by atoms with Crippen LogP contribution in [0.25, 0.3) is 0 Å². The van der Waals surface area contributed by atoms with Crippen LogP contribution in [0.15, 0.2) is 23.1 Å². The van der Waals surface area contributed by atoms with Crippen molar-refractivity contribution in [3.8, 4) is 0 Å². The van der Waals surface area contributed by atoms with E-state index in [0.29, 0.717) is 22.5 Å². The van der Waals surface area contributed by atoms with E-state index in [4.69, 9.17) is 11.6 Å². The smallest absolute Gasteiger partial charge is 0.242 e. The molecule has 0 bridgehead atoms. The Hall–Kier alpha value is -1.15. The van der Waals surface area contributed by atoms with Crippen molar-refractivity contribution < 1.29 is 13.2 Å². The average molecular weight is 388 g/mol. The minimum atomic E-state index is -3.58. The van der Waals surface area contributed by atoms with Crippen molar-refractivity contribution in [3.05, 3.63) is 23.2 Å². The Morgan fingerprint density at radius 2 is 1.88 bits per heavy atom. The Bertz CT molecular complexity index is 727. The van der Waals surface area contributed by atoms with Gasteiger partial charge in [-0.1, -0.05) is 25.4 Å². The highest BCUT2D eigenvalue weighted by Crippen LogP contribution is 2.27. The van der Waals surface area contributed by atoms with Crippen molar-refractivity contribution in [1.82, 2.24) is 9.21 Å². The highest BCUT2D eigenvalue weighted by atomic mass is 35.5. The average Bonchev–Trinajstić information content (AvgIpc) is 2.47. The summed E-state index contributed by atoms with van der Waals surface area (Å²) in [4.78, 5) is 14.6. The molecular weight excluding hydrogens is 362 g/mol. The summed E-state index contributed by atoms with van der Waals surface area (Å²) in [6.07, 6.45) is 1.17. The summed E-state index contributed by atoms with van der Waals surface area (Å²) < 4.78 is 25.6.